The van der Waals surface area contributed by atoms with E-state index in [2.05, 4.69) is 15.3 Å². The Morgan fingerprint density at radius 3 is 2.85 bits per heavy atom. The van der Waals surface area contributed by atoms with Crippen molar-refractivity contribution in [3.63, 3.8) is 0 Å². The number of fused-ring (bicyclic) bond motifs is 1. The molecule has 0 spiro atoms. The van der Waals surface area contributed by atoms with Gasteiger partial charge < -0.3 is 10.3 Å². The van der Waals surface area contributed by atoms with E-state index in [1.54, 1.807) is 12.4 Å². The van der Waals surface area contributed by atoms with Crippen LogP contribution in [0.5, 0.6) is 0 Å². The van der Waals surface area contributed by atoms with Crippen LogP contribution < -0.4 is 5.32 Å². The number of rotatable bonds is 2. The van der Waals surface area contributed by atoms with Crippen molar-refractivity contribution in [2.75, 3.05) is 5.32 Å². The lowest BCUT2D eigenvalue weighted by Gasteiger charge is -2.09. The summed E-state index contributed by atoms with van der Waals surface area (Å²) in [4.78, 5) is 19.4. The number of anilines is 1. The van der Waals surface area contributed by atoms with Gasteiger partial charge in [-0.2, -0.15) is 0 Å². The first-order chi connectivity index (χ1) is 9.63. The average molecular weight is 265 g/mol. The van der Waals surface area contributed by atoms with E-state index >= 15 is 0 Å². The van der Waals surface area contributed by atoms with Gasteiger partial charge in [0.2, 0.25) is 0 Å². The zero-order chi connectivity index (χ0) is 14.1. The van der Waals surface area contributed by atoms with Gasteiger partial charge in [-0.1, -0.05) is 12.1 Å². The average Bonchev–Trinajstić information content (AvgIpc) is 2.90. The second kappa shape index (κ2) is 4.81. The predicted molar refractivity (Wildman–Crippen MR) is 80.0 cm³/mol. The molecular formula is C16H15N3O. The molecule has 2 aromatic carbocycles. The molecule has 100 valence electrons. The number of aromatic amines is 1. The Balaban J connectivity index is 1.90. The normalized spacial score (nSPS) is 10.7. The van der Waals surface area contributed by atoms with Crippen molar-refractivity contribution in [3.8, 4) is 0 Å². The smallest absolute Gasteiger partial charge is 0.255 e. The summed E-state index contributed by atoms with van der Waals surface area (Å²) in [5, 5.41) is 2.95. The maximum Gasteiger partial charge on any atom is 0.255 e. The van der Waals surface area contributed by atoms with Gasteiger partial charge in [-0.15, -0.1) is 0 Å². The van der Waals surface area contributed by atoms with Crippen LogP contribution in [0, 0.1) is 13.8 Å². The van der Waals surface area contributed by atoms with E-state index in [1.165, 1.54) is 0 Å². The van der Waals surface area contributed by atoms with Crippen LogP contribution >= 0.6 is 0 Å². The first-order valence-corrected chi connectivity index (χ1v) is 6.45. The van der Waals surface area contributed by atoms with Crippen LogP contribution in [-0.4, -0.2) is 15.9 Å². The Morgan fingerprint density at radius 2 is 2.00 bits per heavy atom. The van der Waals surface area contributed by atoms with Crippen LogP contribution in [0.3, 0.4) is 0 Å². The molecule has 0 saturated carbocycles. The Kier molecular flexibility index (Phi) is 2.99. The van der Waals surface area contributed by atoms with Crippen LogP contribution in [0.4, 0.5) is 5.69 Å². The van der Waals surface area contributed by atoms with Crippen molar-refractivity contribution >= 4 is 22.6 Å². The molecule has 4 nitrogen and oxygen atoms in total. The molecule has 0 saturated heterocycles. The third kappa shape index (κ3) is 2.28. The zero-order valence-corrected chi connectivity index (χ0v) is 11.4. The summed E-state index contributed by atoms with van der Waals surface area (Å²) in [6.07, 6.45) is 1.62. The molecule has 0 unspecified atom stereocenters. The summed E-state index contributed by atoms with van der Waals surface area (Å²) in [5.41, 5.74) is 5.34. The molecule has 0 aliphatic rings. The van der Waals surface area contributed by atoms with Crippen LogP contribution in [0.25, 0.3) is 11.0 Å². The maximum absolute atomic E-state index is 12.3. The number of imidazole rings is 1. The lowest BCUT2D eigenvalue weighted by Crippen LogP contribution is -2.12. The van der Waals surface area contributed by atoms with E-state index in [4.69, 9.17) is 0 Å². The molecule has 1 heterocycles. The molecule has 1 aromatic heterocycles. The molecule has 4 heteroatoms. The fourth-order valence-corrected chi connectivity index (χ4v) is 2.14. The SMILES string of the molecule is Cc1ccc(C)c(NC(=O)c2ccc3nc[nH]c3c2)c1. The van der Waals surface area contributed by atoms with E-state index in [0.29, 0.717) is 5.56 Å². The van der Waals surface area contributed by atoms with Gasteiger partial charge in [0.15, 0.2) is 0 Å². The summed E-state index contributed by atoms with van der Waals surface area (Å²) in [7, 11) is 0. The molecule has 0 radical (unpaired) electrons. The predicted octanol–water partition coefficient (Wildman–Crippen LogP) is 3.43. The van der Waals surface area contributed by atoms with E-state index in [1.807, 2.05) is 44.2 Å². The largest absolute Gasteiger partial charge is 0.345 e. The van der Waals surface area contributed by atoms with Crippen LogP contribution in [0.15, 0.2) is 42.7 Å². The highest BCUT2D eigenvalue weighted by molar-refractivity contribution is 6.06. The number of H-pyrrole nitrogens is 1. The summed E-state index contributed by atoms with van der Waals surface area (Å²) < 4.78 is 0. The fourth-order valence-electron chi connectivity index (χ4n) is 2.14. The second-order valence-electron chi connectivity index (χ2n) is 4.91. The van der Waals surface area contributed by atoms with Gasteiger partial charge in [0, 0.05) is 11.3 Å². The van der Waals surface area contributed by atoms with Crippen molar-refractivity contribution in [3.05, 3.63) is 59.4 Å². The van der Waals surface area contributed by atoms with E-state index in [0.717, 1.165) is 27.8 Å². The topological polar surface area (TPSA) is 57.8 Å². The van der Waals surface area contributed by atoms with Crippen LogP contribution in [0.2, 0.25) is 0 Å². The van der Waals surface area contributed by atoms with Gasteiger partial charge in [0.25, 0.3) is 5.91 Å². The number of carbonyl (C=O) groups is 1. The monoisotopic (exact) mass is 265 g/mol. The molecule has 0 aliphatic heterocycles. The van der Waals surface area contributed by atoms with Gasteiger partial charge in [0.1, 0.15) is 0 Å². The highest BCUT2D eigenvalue weighted by Crippen LogP contribution is 2.18. The molecule has 0 atom stereocenters. The summed E-state index contributed by atoms with van der Waals surface area (Å²) in [6, 6.07) is 11.4. The van der Waals surface area contributed by atoms with Crippen molar-refractivity contribution in [1.82, 2.24) is 9.97 Å². The third-order valence-electron chi connectivity index (χ3n) is 3.32. The lowest BCUT2D eigenvalue weighted by atomic mass is 10.1. The van der Waals surface area contributed by atoms with Gasteiger partial charge in [-0.05, 0) is 49.2 Å². The van der Waals surface area contributed by atoms with Crippen molar-refractivity contribution in [2.24, 2.45) is 0 Å². The molecule has 3 rings (SSSR count). The van der Waals surface area contributed by atoms with Crippen LogP contribution in [-0.2, 0) is 0 Å². The van der Waals surface area contributed by atoms with Gasteiger partial charge in [0.05, 0.1) is 17.4 Å². The quantitative estimate of drug-likeness (QED) is 0.745. The number of benzene rings is 2. The highest BCUT2D eigenvalue weighted by Gasteiger charge is 2.09. The van der Waals surface area contributed by atoms with Crippen molar-refractivity contribution in [1.29, 1.82) is 0 Å². The highest BCUT2D eigenvalue weighted by atomic mass is 16.1. The zero-order valence-electron chi connectivity index (χ0n) is 11.4. The van der Waals surface area contributed by atoms with E-state index in [9.17, 15) is 4.79 Å². The Labute approximate surface area is 116 Å². The van der Waals surface area contributed by atoms with E-state index < -0.39 is 0 Å². The fraction of sp³-hybridized carbons (Fsp3) is 0.125. The molecule has 20 heavy (non-hydrogen) atoms. The Bertz CT molecular complexity index is 789. The van der Waals surface area contributed by atoms with Gasteiger partial charge in [-0.3, -0.25) is 4.79 Å². The minimum absolute atomic E-state index is 0.116. The molecule has 0 aliphatic carbocycles. The molecule has 3 aromatic rings. The van der Waals surface area contributed by atoms with Crippen molar-refractivity contribution in [2.45, 2.75) is 13.8 Å². The number of carbonyl (C=O) groups excluding carboxylic acids is 1. The number of nitrogens with zero attached hydrogens (tertiary/aromatic N) is 1. The van der Waals surface area contributed by atoms with Gasteiger partial charge in [-0.25, -0.2) is 4.98 Å². The Morgan fingerprint density at radius 1 is 1.15 bits per heavy atom. The minimum Gasteiger partial charge on any atom is -0.345 e. The minimum atomic E-state index is -0.116. The number of hydrogen-bond donors (Lipinski definition) is 2. The maximum atomic E-state index is 12.3. The first kappa shape index (κ1) is 12.4. The van der Waals surface area contributed by atoms with Crippen LogP contribution in [0.1, 0.15) is 21.5 Å². The second-order valence-corrected chi connectivity index (χ2v) is 4.91. The lowest BCUT2D eigenvalue weighted by molar-refractivity contribution is 0.102. The molecule has 0 bridgehead atoms. The summed E-state index contributed by atoms with van der Waals surface area (Å²) in [6.45, 7) is 3.99. The third-order valence-corrected chi connectivity index (χ3v) is 3.32. The first-order valence-electron chi connectivity index (χ1n) is 6.45. The number of aromatic nitrogens is 2. The Hall–Kier alpha value is -2.62. The summed E-state index contributed by atoms with van der Waals surface area (Å²) >= 11 is 0. The van der Waals surface area contributed by atoms with Gasteiger partial charge >= 0.3 is 0 Å². The number of amides is 1. The molecule has 2 N–H and O–H groups in total. The number of aryl methyl sites for hydroxylation is 2. The molecule has 0 fully saturated rings. The van der Waals surface area contributed by atoms with Crippen molar-refractivity contribution < 1.29 is 4.79 Å². The number of hydrogen-bond acceptors (Lipinski definition) is 2. The molecular weight excluding hydrogens is 250 g/mol. The number of nitrogens with one attached hydrogen (secondary N) is 2. The standard InChI is InChI=1S/C16H15N3O/c1-10-3-4-11(2)14(7-10)19-16(20)12-5-6-13-15(8-12)18-9-17-13/h3-9H,1-2H3,(H,17,18)(H,19,20). The molecule has 1 amide bonds. The summed E-state index contributed by atoms with van der Waals surface area (Å²) in [5.74, 6) is -0.116. The van der Waals surface area contributed by atoms with E-state index in [-0.39, 0.29) is 5.91 Å².